The third-order valence-corrected chi connectivity index (χ3v) is 10.4. The molecule has 0 atom stereocenters. The van der Waals surface area contributed by atoms with Gasteiger partial charge < -0.3 is 4.90 Å². The first-order valence-electron chi connectivity index (χ1n) is 19.2. The standard InChI is InChI=1S/C39H80N2/c1-8-10-12-14-16-18-20-22-24-26-28-30-32-34-41-38(3,4)35-37(36-39(41,5)6)40(7)33-31-29-27-25-23-21-19-17-15-13-11-9-2/h37H,8-36H2,1-7H3. The fourth-order valence-corrected chi connectivity index (χ4v) is 7.85. The number of rotatable bonds is 28. The minimum absolute atomic E-state index is 0.300. The molecule has 0 unspecified atom stereocenters. The molecule has 0 amide bonds. The summed E-state index contributed by atoms with van der Waals surface area (Å²) in [4.78, 5) is 5.61. The van der Waals surface area contributed by atoms with Crippen molar-refractivity contribution in [1.82, 2.24) is 9.80 Å². The lowest BCUT2D eigenvalue weighted by Gasteiger charge is -2.57. The Morgan fingerprint density at radius 3 is 1.10 bits per heavy atom. The van der Waals surface area contributed by atoms with Crippen LogP contribution in [0.4, 0.5) is 0 Å². The van der Waals surface area contributed by atoms with E-state index in [1.165, 1.54) is 186 Å². The Hall–Kier alpha value is -0.0800. The second-order valence-corrected chi connectivity index (χ2v) is 15.5. The van der Waals surface area contributed by atoms with Gasteiger partial charge in [0.05, 0.1) is 0 Å². The van der Waals surface area contributed by atoms with Gasteiger partial charge in [-0.25, -0.2) is 0 Å². The lowest BCUT2D eigenvalue weighted by Crippen LogP contribution is -2.64. The van der Waals surface area contributed by atoms with Crippen molar-refractivity contribution in [3.8, 4) is 0 Å². The van der Waals surface area contributed by atoms with Crippen LogP contribution in [0, 0.1) is 0 Å². The summed E-state index contributed by atoms with van der Waals surface area (Å²) < 4.78 is 0. The van der Waals surface area contributed by atoms with Crippen LogP contribution in [0.5, 0.6) is 0 Å². The maximum Gasteiger partial charge on any atom is 0.0173 e. The van der Waals surface area contributed by atoms with Gasteiger partial charge in [-0.2, -0.15) is 0 Å². The van der Waals surface area contributed by atoms with E-state index in [-0.39, 0.29) is 0 Å². The van der Waals surface area contributed by atoms with Gasteiger partial charge in [-0.15, -0.1) is 0 Å². The summed E-state index contributed by atoms with van der Waals surface area (Å²) >= 11 is 0. The molecule has 0 aromatic heterocycles. The Morgan fingerprint density at radius 1 is 0.463 bits per heavy atom. The lowest BCUT2D eigenvalue weighted by molar-refractivity contribution is -0.0621. The molecule has 2 nitrogen and oxygen atoms in total. The number of piperidine rings is 1. The van der Waals surface area contributed by atoms with Gasteiger partial charge in [0.15, 0.2) is 0 Å². The van der Waals surface area contributed by atoms with Crippen molar-refractivity contribution in [1.29, 1.82) is 0 Å². The maximum atomic E-state index is 2.88. The van der Waals surface area contributed by atoms with E-state index >= 15 is 0 Å². The molecule has 1 aliphatic rings. The lowest BCUT2D eigenvalue weighted by atomic mass is 9.76. The molecule has 1 rings (SSSR count). The normalized spacial score (nSPS) is 17.6. The monoisotopic (exact) mass is 577 g/mol. The van der Waals surface area contributed by atoms with Crippen molar-refractivity contribution >= 4 is 0 Å². The van der Waals surface area contributed by atoms with Crippen LogP contribution >= 0.6 is 0 Å². The second-order valence-electron chi connectivity index (χ2n) is 15.5. The molecule has 41 heavy (non-hydrogen) atoms. The minimum atomic E-state index is 0.300. The highest BCUT2D eigenvalue weighted by molar-refractivity contribution is 5.02. The number of hydrogen-bond acceptors (Lipinski definition) is 2. The summed E-state index contributed by atoms with van der Waals surface area (Å²) in [5.41, 5.74) is 0.600. The molecule has 1 heterocycles. The molecule has 0 aliphatic carbocycles. The largest absolute Gasteiger partial charge is 0.303 e. The van der Waals surface area contributed by atoms with E-state index in [9.17, 15) is 0 Å². The van der Waals surface area contributed by atoms with Crippen molar-refractivity contribution in [2.75, 3.05) is 20.1 Å². The molecular weight excluding hydrogens is 496 g/mol. The molecule has 0 aromatic carbocycles. The van der Waals surface area contributed by atoms with E-state index < -0.39 is 0 Å². The van der Waals surface area contributed by atoms with Crippen LogP contribution in [-0.2, 0) is 0 Å². The number of hydrogen-bond donors (Lipinski definition) is 0. The molecule has 2 heteroatoms. The van der Waals surface area contributed by atoms with Gasteiger partial charge in [0.1, 0.15) is 0 Å². The highest BCUT2D eigenvalue weighted by atomic mass is 15.3. The molecule has 0 aromatic rings. The van der Waals surface area contributed by atoms with Crippen molar-refractivity contribution in [3.63, 3.8) is 0 Å². The van der Waals surface area contributed by atoms with E-state index in [0.29, 0.717) is 11.1 Å². The Morgan fingerprint density at radius 2 is 0.756 bits per heavy atom. The van der Waals surface area contributed by atoms with E-state index in [4.69, 9.17) is 0 Å². The summed E-state index contributed by atoms with van der Waals surface area (Å²) in [6, 6.07) is 0.732. The highest BCUT2D eigenvalue weighted by Crippen LogP contribution is 2.40. The van der Waals surface area contributed by atoms with Crippen molar-refractivity contribution in [2.45, 2.75) is 232 Å². The Kier molecular flexibility index (Phi) is 23.0. The quantitative estimate of drug-likeness (QED) is 0.0854. The zero-order valence-electron chi connectivity index (χ0n) is 30.0. The topological polar surface area (TPSA) is 6.48 Å². The summed E-state index contributed by atoms with van der Waals surface area (Å²) in [7, 11) is 2.41. The zero-order valence-corrected chi connectivity index (χ0v) is 30.0. The number of likely N-dealkylation sites (tertiary alicyclic amines) is 1. The number of nitrogens with zero attached hydrogens (tertiary/aromatic N) is 2. The van der Waals surface area contributed by atoms with Crippen molar-refractivity contribution in [3.05, 3.63) is 0 Å². The number of unbranched alkanes of at least 4 members (excludes halogenated alkanes) is 23. The smallest absolute Gasteiger partial charge is 0.0173 e. The molecular formula is C39H80N2. The minimum Gasteiger partial charge on any atom is -0.303 e. The fourth-order valence-electron chi connectivity index (χ4n) is 7.85. The van der Waals surface area contributed by atoms with Gasteiger partial charge in [-0.05, 0) is 73.5 Å². The van der Waals surface area contributed by atoms with Gasteiger partial charge in [0.25, 0.3) is 0 Å². The van der Waals surface area contributed by atoms with E-state index in [0.717, 1.165) is 6.04 Å². The van der Waals surface area contributed by atoms with Crippen LogP contribution in [0.15, 0.2) is 0 Å². The van der Waals surface area contributed by atoms with Crippen LogP contribution in [0.1, 0.15) is 215 Å². The second kappa shape index (κ2) is 24.3. The van der Waals surface area contributed by atoms with Crippen LogP contribution in [0.2, 0.25) is 0 Å². The molecule has 0 spiro atoms. The van der Waals surface area contributed by atoms with Crippen molar-refractivity contribution in [2.24, 2.45) is 0 Å². The molecule has 0 saturated carbocycles. The first kappa shape index (κ1) is 38.9. The Labute approximate surface area is 261 Å². The van der Waals surface area contributed by atoms with E-state index in [1.54, 1.807) is 0 Å². The Balaban J connectivity index is 2.14. The fraction of sp³-hybridized carbons (Fsp3) is 1.00. The van der Waals surface area contributed by atoms with Gasteiger partial charge in [0, 0.05) is 17.1 Å². The maximum absolute atomic E-state index is 2.88. The van der Waals surface area contributed by atoms with Gasteiger partial charge in [0.2, 0.25) is 0 Å². The van der Waals surface area contributed by atoms with Crippen LogP contribution < -0.4 is 0 Å². The summed E-state index contributed by atoms with van der Waals surface area (Å²) in [5.74, 6) is 0. The molecule has 1 saturated heterocycles. The van der Waals surface area contributed by atoms with E-state index in [2.05, 4.69) is 58.4 Å². The predicted octanol–water partition coefficient (Wildman–Crippen LogP) is 12.7. The third kappa shape index (κ3) is 19.0. The average molecular weight is 577 g/mol. The SMILES string of the molecule is CCCCCCCCCCCCCCCN1C(C)(C)CC(N(C)CCCCCCCCCCCCCC)CC1(C)C. The van der Waals surface area contributed by atoms with E-state index in [1.807, 2.05) is 0 Å². The van der Waals surface area contributed by atoms with Gasteiger partial charge in [-0.3, -0.25) is 4.90 Å². The molecule has 1 fully saturated rings. The molecule has 0 bridgehead atoms. The van der Waals surface area contributed by atoms with Gasteiger partial charge >= 0.3 is 0 Å². The van der Waals surface area contributed by atoms with Gasteiger partial charge in [-0.1, -0.05) is 162 Å². The van der Waals surface area contributed by atoms with Crippen LogP contribution in [0.25, 0.3) is 0 Å². The van der Waals surface area contributed by atoms with Crippen LogP contribution in [0.3, 0.4) is 0 Å². The van der Waals surface area contributed by atoms with Crippen LogP contribution in [-0.4, -0.2) is 47.1 Å². The third-order valence-electron chi connectivity index (χ3n) is 10.4. The Bertz CT molecular complexity index is 550. The summed E-state index contributed by atoms with van der Waals surface area (Å²) in [6.45, 7) is 17.3. The average Bonchev–Trinajstić information content (AvgIpc) is 2.92. The zero-order chi connectivity index (χ0) is 30.2. The van der Waals surface area contributed by atoms with Crippen molar-refractivity contribution < 1.29 is 0 Å². The predicted molar refractivity (Wildman–Crippen MR) is 187 cm³/mol. The molecule has 0 radical (unpaired) electrons. The molecule has 0 N–H and O–H groups in total. The summed E-state index contributed by atoms with van der Waals surface area (Å²) in [5, 5.41) is 0. The first-order valence-corrected chi connectivity index (χ1v) is 19.2. The molecule has 1 aliphatic heterocycles. The highest BCUT2D eigenvalue weighted by Gasteiger charge is 2.45. The summed E-state index contributed by atoms with van der Waals surface area (Å²) in [6.07, 6.45) is 38.7. The first-order chi connectivity index (χ1) is 19.7. The molecule has 246 valence electrons.